The molecular weight excluding hydrogens is 271 g/mol. The van der Waals surface area contributed by atoms with E-state index in [0.29, 0.717) is 0 Å². The standard InChI is InChI=1S/C7H3F5N2O4/c8-3(9)1-2(4(15)16)18-6(13-1)14-5(17)7(10,11)12/h3H,(H,15,16)(H,13,14,17). The van der Waals surface area contributed by atoms with E-state index in [1.165, 1.54) is 0 Å². The number of oxazole rings is 1. The number of carbonyl (C=O) groups is 2. The zero-order chi connectivity index (χ0) is 14.1. The Balaban J connectivity index is 3.03. The van der Waals surface area contributed by atoms with Crippen molar-refractivity contribution in [2.24, 2.45) is 0 Å². The average molecular weight is 274 g/mol. The largest absolute Gasteiger partial charge is 0.475 e. The zero-order valence-corrected chi connectivity index (χ0v) is 8.09. The molecule has 0 spiro atoms. The van der Waals surface area contributed by atoms with Gasteiger partial charge >= 0.3 is 24.1 Å². The SMILES string of the molecule is O=C(O)c1oc(NC(=O)C(F)(F)F)nc1C(F)F. The number of carboxylic acid groups (broad SMARTS) is 1. The highest BCUT2D eigenvalue weighted by atomic mass is 19.4. The molecule has 1 amide bonds. The summed E-state index contributed by atoms with van der Waals surface area (Å²) in [6, 6.07) is -1.27. The lowest BCUT2D eigenvalue weighted by molar-refractivity contribution is -0.167. The molecule has 2 N–H and O–H groups in total. The number of halogens is 5. The van der Waals surface area contributed by atoms with Crippen LogP contribution in [0.4, 0.5) is 28.0 Å². The van der Waals surface area contributed by atoms with Gasteiger partial charge in [0.15, 0.2) is 5.69 Å². The molecule has 0 saturated heterocycles. The van der Waals surface area contributed by atoms with Crippen molar-refractivity contribution in [3.05, 3.63) is 11.5 Å². The van der Waals surface area contributed by atoms with Gasteiger partial charge in [-0.05, 0) is 0 Å². The molecule has 0 atom stereocenters. The first-order valence-electron chi connectivity index (χ1n) is 4.03. The summed E-state index contributed by atoms with van der Waals surface area (Å²) in [6.45, 7) is 0. The Morgan fingerprint density at radius 1 is 1.33 bits per heavy atom. The number of carboxylic acids is 1. The number of aromatic carboxylic acids is 1. The molecule has 100 valence electrons. The van der Waals surface area contributed by atoms with Crippen molar-refractivity contribution >= 4 is 17.9 Å². The molecule has 0 aromatic carbocycles. The Morgan fingerprint density at radius 2 is 1.89 bits per heavy atom. The van der Waals surface area contributed by atoms with Gasteiger partial charge in [0.1, 0.15) is 0 Å². The molecule has 11 heteroatoms. The lowest BCUT2D eigenvalue weighted by Crippen LogP contribution is -2.30. The quantitative estimate of drug-likeness (QED) is 0.820. The van der Waals surface area contributed by atoms with Crippen molar-refractivity contribution < 1.29 is 41.1 Å². The second-order valence-electron chi connectivity index (χ2n) is 2.79. The monoisotopic (exact) mass is 274 g/mol. The highest BCUT2D eigenvalue weighted by Crippen LogP contribution is 2.26. The summed E-state index contributed by atoms with van der Waals surface area (Å²) >= 11 is 0. The van der Waals surface area contributed by atoms with Gasteiger partial charge < -0.3 is 9.52 Å². The average Bonchev–Trinajstić information content (AvgIpc) is 2.60. The van der Waals surface area contributed by atoms with Crippen molar-refractivity contribution in [3.63, 3.8) is 0 Å². The molecule has 1 aromatic heterocycles. The number of hydrogen-bond donors (Lipinski definition) is 2. The molecule has 0 aliphatic heterocycles. The Hall–Kier alpha value is -2.20. The van der Waals surface area contributed by atoms with Crippen LogP contribution in [0.1, 0.15) is 22.7 Å². The fraction of sp³-hybridized carbons (Fsp3) is 0.286. The summed E-state index contributed by atoms with van der Waals surface area (Å²) in [4.78, 5) is 23.6. The predicted octanol–water partition coefficient (Wildman–Crippen LogP) is 1.81. The van der Waals surface area contributed by atoms with E-state index >= 15 is 0 Å². The second-order valence-corrected chi connectivity index (χ2v) is 2.79. The van der Waals surface area contributed by atoms with E-state index in [-0.39, 0.29) is 0 Å². The first-order chi connectivity index (χ1) is 8.12. The van der Waals surface area contributed by atoms with E-state index in [4.69, 9.17) is 5.11 Å². The molecule has 0 aliphatic rings. The third kappa shape index (κ3) is 2.93. The van der Waals surface area contributed by atoms with Gasteiger partial charge in [0.25, 0.3) is 6.43 Å². The summed E-state index contributed by atoms with van der Waals surface area (Å²) < 4.78 is 64.0. The van der Waals surface area contributed by atoms with Crippen molar-refractivity contribution in [3.8, 4) is 0 Å². The van der Waals surface area contributed by atoms with Gasteiger partial charge in [-0.1, -0.05) is 0 Å². The van der Waals surface area contributed by atoms with Crippen molar-refractivity contribution in [2.45, 2.75) is 12.6 Å². The van der Waals surface area contributed by atoms with Crippen LogP contribution >= 0.6 is 0 Å². The lowest BCUT2D eigenvalue weighted by Gasteiger charge is -2.03. The van der Waals surface area contributed by atoms with Crippen LogP contribution in [0, 0.1) is 0 Å². The maximum absolute atomic E-state index is 12.3. The van der Waals surface area contributed by atoms with Gasteiger partial charge in [0.2, 0.25) is 5.76 Å². The number of hydrogen-bond acceptors (Lipinski definition) is 4. The minimum absolute atomic E-state index is 1.01. The number of alkyl halides is 5. The van der Waals surface area contributed by atoms with Crippen LogP contribution in [0.3, 0.4) is 0 Å². The molecule has 1 aromatic rings. The van der Waals surface area contributed by atoms with Crippen LogP contribution in [-0.2, 0) is 4.79 Å². The third-order valence-corrected chi connectivity index (χ3v) is 1.53. The summed E-state index contributed by atoms with van der Waals surface area (Å²) in [6.07, 6.45) is -8.67. The molecule has 6 nitrogen and oxygen atoms in total. The Labute approximate surface area is 94.4 Å². The first kappa shape index (κ1) is 13.9. The van der Waals surface area contributed by atoms with E-state index < -0.39 is 41.9 Å². The van der Waals surface area contributed by atoms with Crippen molar-refractivity contribution in [1.82, 2.24) is 4.98 Å². The Morgan fingerprint density at radius 3 is 2.22 bits per heavy atom. The number of amides is 1. The molecular formula is C7H3F5N2O4. The van der Waals surface area contributed by atoms with Gasteiger partial charge in [0, 0.05) is 0 Å². The fourth-order valence-corrected chi connectivity index (χ4v) is 0.855. The number of rotatable bonds is 3. The van der Waals surface area contributed by atoms with Crippen LogP contribution in [0.25, 0.3) is 0 Å². The maximum Gasteiger partial charge on any atom is 0.471 e. The minimum Gasteiger partial charge on any atom is -0.475 e. The molecule has 0 saturated carbocycles. The van der Waals surface area contributed by atoms with Crippen molar-refractivity contribution in [2.75, 3.05) is 5.32 Å². The van der Waals surface area contributed by atoms with Crippen LogP contribution in [0.15, 0.2) is 4.42 Å². The second kappa shape index (κ2) is 4.58. The maximum atomic E-state index is 12.3. The zero-order valence-electron chi connectivity index (χ0n) is 8.09. The number of aromatic nitrogens is 1. The van der Waals surface area contributed by atoms with Gasteiger partial charge in [0.05, 0.1) is 0 Å². The topological polar surface area (TPSA) is 92.4 Å². The van der Waals surface area contributed by atoms with E-state index in [9.17, 15) is 31.5 Å². The van der Waals surface area contributed by atoms with E-state index in [1.54, 1.807) is 0 Å². The summed E-state index contributed by atoms with van der Waals surface area (Å²) in [5.74, 6) is -5.82. The Bertz CT molecular complexity index is 481. The highest BCUT2D eigenvalue weighted by molar-refractivity contribution is 5.93. The van der Waals surface area contributed by atoms with Crippen molar-refractivity contribution in [1.29, 1.82) is 0 Å². The molecule has 0 aliphatic carbocycles. The number of nitrogens with one attached hydrogen (secondary N) is 1. The number of carbonyl (C=O) groups excluding carboxylic acids is 1. The van der Waals surface area contributed by atoms with Gasteiger partial charge in [-0.3, -0.25) is 10.1 Å². The Kier molecular flexibility index (Phi) is 3.53. The summed E-state index contributed by atoms with van der Waals surface area (Å²) in [5, 5.41) is 9.43. The molecule has 0 radical (unpaired) electrons. The van der Waals surface area contributed by atoms with Gasteiger partial charge in [-0.15, -0.1) is 0 Å². The molecule has 1 rings (SSSR count). The highest BCUT2D eigenvalue weighted by Gasteiger charge is 2.40. The summed E-state index contributed by atoms with van der Waals surface area (Å²) in [7, 11) is 0. The van der Waals surface area contributed by atoms with Crippen LogP contribution in [-0.4, -0.2) is 28.1 Å². The first-order valence-corrected chi connectivity index (χ1v) is 4.03. The van der Waals surface area contributed by atoms with E-state index in [0.717, 1.165) is 5.32 Å². The van der Waals surface area contributed by atoms with Gasteiger partial charge in [-0.2, -0.15) is 18.2 Å². The van der Waals surface area contributed by atoms with Crippen LogP contribution < -0.4 is 5.32 Å². The minimum atomic E-state index is -5.29. The molecule has 0 fully saturated rings. The smallest absolute Gasteiger partial charge is 0.471 e. The molecule has 18 heavy (non-hydrogen) atoms. The van der Waals surface area contributed by atoms with E-state index in [2.05, 4.69) is 9.40 Å². The molecule has 0 bridgehead atoms. The molecule has 0 unspecified atom stereocenters. The van der Waals surface area contributed by atoms with Crippen LogP contribution in [0.2, 0.25) is 0 Å². The molecule has 1 heterocycles. The number of nitrogens with zero attached hydrogens (tertiary/aromatic N) is 1. The van der Waals surface area contributed by atoms with Crippen LogP contribution in [0.5, 0.6) is 0 Å². The van der Waals surface area contributed by atoms with Gasteiger partial charge in [-0.25, -0.2) is 13.6 Å². The predicted molar refractivity (Wildman–Crippen MR) is 43.1 cm³/mol. The summed E-state index contributed by atoms with van der Waals surface area (Å²) in [5.41, 5.74) is -1.38. The number of anilines is 1. The van der Waals surface area contributed by atoms with E-state index in [1.807, 2.05) is 0 Å². The normalized spacial score (nSPS) is 11.7. The fourth-order valence-electron chi connectivity index (χ4n) is 0.855. The lowest BCUT2D eigenvalue weighted by atomic mass is 10.3. The third-order valence-electron chi connectivity index (χ3n) is 1.53.